The molecule has 1 aliphatic heterocycles. The van der Waals surface area contributed by atoms with Gasteiger partial charge in [0.25, 0.3) is 0 Å². The summed E-state index contributed by atoms with van der Waals surface area (Å²) in [6.07, 6.45) is 1.44. The summed E-state index contributed by atoms with van der Waals surface area (Å²) in [6, 6.07) is 1.52. The van der Waals surface area contributed by atoms with Crippen molar-refractivity contribution < 1.29 is 13.6 Å². The van der Waals surface area contributed by atoms with E-state index in [0.717, 1.165) is 17.9 Å². The Kier molecular flexibility index (Phi) is 4.34. The molecule has 0 spiro atoms. The van der Waals surface area contributed by atoms with Crippen molar-refractivity contribution in [3.8, 4) is 0 Å². The Labute approximate surface area is 136 Å². The van der Waals surface area contributed by atoms with E-state index in [1.165, 1.54) is 18.1 Å². The lowest BCUT2D eigenvalue weighted by Crippen LogP contribution is -2.37. The lowest BCUT2D eigenvalue weighted by Gasteiger charge is -2.22. The van der Waals surface area contributed by atoms with Crippen molar-refractivity contribution in [1.29, 1.82) is 0 Å². The number of fused-ring (bicyclic) bond motifs is 1. The van der Waals surface area contributed by atoms with Crippen LogP contribution >= 0.6 is 11.8 Å². The van der Waals surface area contributed by atoms with E-state index in [4.69, 9.17) is 0 Å². The monoisotopic (exact) mass is 338 g/mol. The molecule has 0 bridgehead atoms. The van der Waals surface area contributed by atoms with Crippen LogP contribution in [0.25, 0.3) is 11.0 Å². The highest BCUT2D eigenvalue weighted by Crippen LogP contribution is 2.26. The lowest BCUT2D eigenvalue weighted by atomic mass is 10.0. The predicted octanol–water partition coefficient (Wildman–Crippen LogP) is 2.73. The Hall–Kier alpha value is -1.96. The van der Waals surface area contributed by atoms with Gasteiger partial charge in [0.1, 0.15) is 6.04 Å². The maximum absolute atomic E-state index is 13.6. The van der Waals surface area contributed by atoms with Crippen molar-refractivity contribution in [3.63, 3.8) is 0 Å². The molecule has 0 saturated carbocycles. The van der Waals surface area contributed by atoms with Gasteiger partial charge in [0.05, 0.1) is 23.9 Å². The molecule has 122 valence electrons. The van der Waals surface area contributed by atoms with Gasteiger partial charge in [0.15, 0.2) is 16.8 Å². The number of hydrogen-bond donors (Lipinski definition) is 1. The molecule has 1 amide bonds. The molecule has 23 heavy (non-hydrogen) atoms. The maximum atomic E-state index is 13.6. The average molecular weight is 338 g/mol. The summed E-state index contributed by atoms with van der Waals surface area (Å²) in [5.41, 5.74) is 0.702. The normalized spacial score (nSPS) is 16.0. The minimum absolute atomic E-state index is 0.0625. The molecule has 0 aliphatic carbocycles. The number of nitrogens with one attached hydrogen (secondary N) is 1. The van der Waals surface area contributed by atoms with Crippen LogP contribution < -0.4 is 5.32 Å². The highest BCUT2D eigenvalue weighted by atomic mass is 32.2. The van der Waals surface area contributed by atoms with E-state index in [9.17, 15) is 13.6 Å². The van der Waals surface area contributed by atoms with Crippen LogP contribution in [0.1, 0.15) is 19.9 Å². The van der Waals surface area contributed by atoms with Crippen LogP contribution in [-0.4, -0.2) is 32.9 Å². The molecule has 0 fully saturated rings. The number of nitrogens with zero attached hydrogens (tertiary/aromatic N) is 3. The number of amides is 1. The standard InChI is InChI=1S/C15H16F2N4OS/c1-8(2)13(14(22)20-15-18-3-4-23-15)21-7-19-11-5-9(16)10(17)6-12(11)21/h5-8,13H,3-4H2,1-2H3,(H,18,20,22)/t13-/m0/s1. The topological polar surface area (TPSA) is 59.3 Å². The SMILES string of the molecule is CC(C)[C@@H](C(=O)NC1=NCCS1)n1cnc2cc(F)c(F)cc21. The summed E-state index contributed by atoms with van der Waals surface area (Å²) in [5.74, 6) is -1.37. The van der Waals surface area contributed by atoms with Gasteiger partial charge in [-0.2, -0.15) is 0 Å². The number of carbonyl (C=O) groups excluding carboxylic acids is 1. The van der Waals surface area contributed by atoms with Crippen molar-refractivity contribution in [3.05, 3.63) is 30.1 Å². The van der Waals surface area contributed by atoms with Crippen LogP contribution in [0.3, 0.4) is 0 Å². The fourth-order valence-electron chi connectivity index (χ4n) is 2.58. The van der Waals surface area contributed by atoms with Crippen LogP contribution in [0, 0.1) is 17.6 Å². The van der Waals surface area contributed by atoms with E-state index in [2.05, 4.69) is 15.3 Å². The second-order valence-electron chi connectivity index (χ2n) is 5.62. The number of imidazole rings is 1. The molecule has 8 heteroatoms. The maximum Gasteiger partial charge on any atom is 0.249 e. The van der Waals surface area contributed by atoms with Gasteiger partial charge in [-0.3, -0.25) is 9.79 Å². The molecule has 1 aliphatic rings. The first kappa shape index (κ1) is 15.9. The number of carbonyl (C=O) groups is 1. The fourth-order valence-corrected chi connectivity index (χ4v) is 3.32. The quantitative estimate of drug-likeness (QED) is 0.936. The second kappa shape index (κ2) is 6.27. The minimum Gasteiger partial charge on any atom is -0.318 e. The zero-order chi connectivity index (χ0) is 16.6. The number of benzene rings is 1. The Morgan fingerprint density at radius 1 is 1.35 bits per heavy atom. The first-order valence-corrected chi connectivity index (χ1v) is 8.25. The third kappa shape index (κ3) is 3.08. The summed E-state index contributed by atoms with van der Waals surface area (Å²) >= 11 is 1.49. The zero-order valence-corrected chi connectivity index (χ0v) is 13.5. The number of hydrogen-bond acceptors (Lipinski definition) is 4. The molecule has 1 aromatic heterocycles. The highest BCUT2D eigenvalue weighted by molar-refractivity contribution is 8.14. The molecule has 2 aromatic rings. The first-order chi connectivity index (χ1) is 11.0. The summed E-state index contributed by atoms with van der Waals surface area (Å²) in [4.78, 5) is 20.9. The van der Waals surface area contributed by atoms with Crippen LogP contribution in [0.2, 0.25) is 0 Å². The molecule has 1 N–H and O–H groups in total. The number of rotatable bonds is 3. The molecule has 1 aromatic carbocycles. The third-order valence-electron chi connectivity index (χ3n) is 3.63. The zero-order valence-electron chi connectivity index (χ0n) is 12.7. The molecular formula is C15H16F2N4OS. The summed E-state index contributed by atoms with van der Waals surface area (Å²) in [7, 11) is 0. The number of amidine groups is 1. The number of aromatic nitrogens is 2. The van der Waals surface area contributed by atoms with Crippen molar-refractivity contribution in [2.45, 2.75) is 19.9 Å². The van der Waals surface area contributed by atoms with Crippen molar-refractivity contribution in [2.75, 3.05) is 12.3 Å². The highest BCUT2D eigenvalue weighted by Gasteiger charge is 2.27. The molecule has 5 nitrogen and oxygen atoms in total. The van der Waals surface area contributed by atoms with E-state index in [-0.39, 0.29) is 11.8 Å². The van der Waals surface area contributed by atoms with Gasteiger partial charge in [-0.05, 0) is 5.92 Å². The molecule has 0 saturated heterocycles. The van der Waals surface area contributed by atoms with Crippen molar-refractivity contribution >= 4 is 33.9 Å². The Bertz CT molecular complexity index is 787. The van der Waals surface area contributed by atoms with E-state index in [1.54, 1.807) is 4.57 Å². The Morgan fingerprint density at radius 3 is 2.74 bits per heavy atom. The van der Waals surface area contributed by atoms with Gasteiger partial charge in [-0.15, -0.1) is 0 Å². The summed E-state index contributed by atoms with van der Waals surface area (Å²) in [5, 5.41) is 3.40. The molecular weight excluding hydrogens is 322 g/mol. The van der Waals surface area contributed by atoms with E-state index in [0.29, 0.717) is 22.7 Å². The molecule has 3 rings (SSSR count). The van der Waals surface area contributed by atoms with E-state index < -0.39 is 17.7 Å². The number of thioether (sulfide) groups is 1. The second-order valence-corrected chi connectivity index (χ2v) is 6.70. The van der Waals surface area contributed by atoms with Crippen LogP contribution in [0.15, 0.2) is 23.5 Å². The molecule has 0 unspecified atom stereocenters. The predicted molar refractivity (Wildman–Crippen MR) is 86.4 cm³/mol. The smallest absolute Gasteiger partial charge is 0.249 e. The van der Waals surface area contributed by atoms with Gasteiger partial charge >= 0.3 is 0 Å². The largest absolute Gasteiger partial charge is 0.318 e. The summed E-state index contributed by atoms with van der Waals surface area (Å²) < 4.78 is 28.5. The van der Waals surface area contributed by atoms with Crippen molar-refractivity contribution in [1.82, 2.24) is 14.9 Å². The average Bonchev–Trinajstić information content (AvgIpc) is 3.11. The first-order valence-electron chi connectivity index (χ1n) is 7.27. The van der Waals surface area contributed by atoms with E-state index >= 15 is 0 Å². The van der Waals surface area contributed by atoms with Gasteiger partial charge in [-0.25, -0.2) is 13.8 Å². The molecule has 1 atom stereocenters. The minimum atomic E-state index is -0.960. The third-order valence-corrected chi connectivity index (χ3v) is 4.52. The Balaban J connectivity index is 1.98. The number of halogens is 2. The van der Waals surface area contributed by atoms with Gasteiger partial charge in [0, 0.05) is 17.9 Å². The van der Waals surface area contributed by atoms with Crippen LogP contribution in [0.4, 0.5) is 8.78 Å². The van der Waals surface area contributed by atoms with Gasteiger partial charge < -0.3 is 9.88 Å². The van der Waals surface area contributed by atoms with Crippen LogP contribution in [-0.2, 0) is 4.79 Å². The summed E-state index contributed by atoms with van der Waals surface area (Å²) in [6.45, 7) is 4.46. The van der Waals surface area contributed by atoms with Crippen LogP contribution in [0.5, 0.6) is 0 Å². The van der Waals surface area contributed by atoms with Gasteiger partial charge in [-0.1, -0.05) is 25.6 Å². The number of aliphatic imine (C=N–C) groups is 1. The molecule has 0 radical (unpaired) electrons. The lowest BCUT2D eigenvalue weighted by molar-refractivity contribution is -0.123. The van der Waals surface area contributed by atoms with Crippen molar-refractivity contribution in [2.24, 2.45) is 10.9 Å². The molecule has 2 heterocycles. The van der Waals surface area contributed by atoms with E-state index in [1.807, 2.05) is 13.8 Å². The Morgan fingerprint density at radius 2 is 2.09 bits per heavy atom. The van der Waals surface area contributed by atoms with Gasteiger partial charge in [0.2, 0.25) is 5.91 Å². The fraction of sp³-hybridized carbons (Fsp3) is 0.400.